The molecule has 0 saturated heterocycles. The molecule has 0 aliphatic rings. The summed E-state index contributed by atoms with van der Waals surface area (Å²) in [4.78, 5) is 24.4. The Balaban J connectivity index is 0.000000213. The van der Waals surface area contributed by atoms with Crippen molar-refractivity contribution in [3.8, 4) is 17.2 Å². The van der Waals surface area contributed by atoms with Gasteiger partial charge in [0.05, 0.1) is 20.3 Å². The Kier molecular flexibility index (Phi) is 15.0. The molecule has 0 saturated carbocycles. The highest BCUT2D eigenvalue weighted by molar-refractivity contribution is 5.90. The van der Waals surface area contributed by atoms with Crippen molar-refractivity contribution in [2.45, 2.75) is 45.1 Å². The number of fused-ring (bicyclic) bond motifs is 2. The Morgan fingerprint density at radius 3 is 1.92 bits per heavy atom. The predicted octanol–water partition coefficient (Wildman–Crippen LogP) is 9.92. The monoisotopic (exact) mass is 821 g/mol. The van der Waals surface area contributed by atoms with Crippen LogP contribution >= 0.6 is 0 Å². The number of benzene rings is 5. The van der Waals surface area contributed by atoms with E-state index in [0.29, 0.717) is 38.6 Å². The number of rotatable bonds is 18. The maximum atomic E-state index is 13.6. The maximum absolute atomic E-state index is 13.6. The molecule has 7 rings (SSSR count). The van der Waals surface area contributed by atoms with Crippen LogP contribution in [0.1, 0.15) is 42.4 Å². The summed E-state index contributed by atoms with van der Waals surface area (Å²) in [6.07, 6.45) is 6.38. The molecular formula is C48H47F4N3O5. The second kappa shape index (κ2) is 20.9. The number of halogens is 4. The molecule has 0 bridgehead atoms. The standard InChI is InChI=1S/C28H28F2N2O3.C20H19F2NO2/c1-34-22-12-13-26-23(17-22)21(19-32(26)18-20-7-3-2-4-8-20)14-15-31-27(33)11-6-16-35-28-24(29)9-5-10-25(28)30;1-23-13-14(16-7-2-3-10-19(16)23)12-15(24)6-5-11-25-20-17(21)8-4-9-18(20)22/h2-5,7-10,12-13,17,19H,6,11,14-16,18H2,1H3,(H,31,33);2-4,7-10,13H,5-6,11-12H2,1H3. The molecule has 0 atom stereocenters. The van der Waals surface area contributed by atoms with Crippen molar-refractivity contribution >= 4 is 33.5 Å². The van der Waals surface area contributed by atoms with Crippen LogP contribution in [0.3, 0.4) is 0 Å². The summed E-state index contributed by atoms with van der Waals surface area (Å²) < 4.78 is 74.0. The van der Waals surface area contributed by atoms with E-state index >= 15 is 0 Å². The van der Waals surface area contributed by atoms with Gasteiger partial charge in [-0.3, -0.25) is 9.59 Å². The second-order valence-electron chi connectivity index (χ2n) is 14.3. The molecule has 1 amide bonds. The molecule has 60 heavy (non-hydrogen) atoms. The van der Waals surface area contributed by atoms with E-state index in [2.05, 4.69) is 34.3 Å². The zero-order chi connectivity index (χ0) is 42.4. The molecule has 312 valence electrons. The summed E-state index contributed by atoms with van der Waals surface area (Å²) in [5.41, 5.74) is 5.51. The van der Waals surface area contributed by atoms with Crippen LogP contribution in [0.15, 0.2) is 122 Å². The number of nitrogens with one attached hydrogen (secondary N) is 1. The van der Waals surface area contributed by atoms with Crippen LogP contribution in [0, 0.1) is 23.3 Å². The fourth-order valence-corrected chi connectivity index (χ4v) is 6.97. The Morgan fingerprint density at radius 2 is 1.27 bits per heavy atom. The maximum Gasteiger partial charge on any atom is 0.220 e. The predicted molar refractivity (Wildman–Crippen MR) is 225 cm³/mol. The number of para-hydroxylation sites is 3. The topological polar surface area (TPSA) is 83.7 Å². The lowest BCUT2D eigenvalue weighted by molar-refractivity contribution is -0.121. The number of aryl methyl sites for hydroxylation is 1. The number of ketones is 1. The van der Waals surface area contributed by atoms with Gasteiger partial charge in [0.1, 0.15) is 11.5 Å². The summed E-state index contributed by atoms with van der Waals surface area (Å²) >= 11 is 0. The van der Waals surface area contributed by atoms with E-state index in [0.717, 1.165) is 69.5 Å². The van der Waals surface area contributed by atoms with Gasteiger partial charge < -0.3 is 28.7 Å². The molecule has 2 heterocycles. The average molecular weight is 822 g/mol. The summed E-state index contributed by atoms with van der Waals surface area (Å²) in [5, 5.41) is 5.09. The van der Waals surface area contributed by atoms with E-state index in [4.69, 9.17) is 14.2 Å². The Labute approximate surface area is 346 Å². The molecule has 5 aromatic carbocycles. The first-order valence-corrected chi connectivity index (χ1v) is 19.8. The molecular weight excluding hydrogens is 775 g/mol. The van der Waals surface area contributed by atoms with Crippen molar-refractivity contribution in [1.82, 2.24) is 14.5 Å². The zero-order valence-corrected chi connectivity index (χ0v) is 33.6. The van der Waals surface area contributed by atoms with Gasteiger partial charge in [0, 0.05) is 73.6 Å². The number of methoxy groups -OCH3 is 1. The van der Waals surface area contributed by atoms with Gasteiger partial charge in [0.15, 0.2) is 34.8 Å². The number of nitrogens with zero attached hydrogens (tertiary/aromatic N) is 2. The lowest BCUT2D eigenvalue weighted by Gasteiger charge is -2.08. The summed E-state index contributed by atoms with van der Waals surface area (Å²) in [6.45, 7) is 1.37. The minimum Gasteiger partial charge on any atom is -0.497 e. The van der Waals surface area contributed by atoms with Gasteiger partial charge in [-0.05, 0) is 84.5 Å². The Morgan fingerprint density at radius 1 is 0.650 bits per heavy atom. The molecule has 0 fully saturated rings. The lowest BCUT2D eigenvalue weighted by atomic mass is 10.1. The van der Waals surface area contributed by atoms with Crippen LogP contribution in [0.5, 0.6) is 17.2 Å². The zero-order valence-electron chi connectivity index (χ0n) is 33.6. The van der Waals surface area contributed by atoms with Gasteiger partial charge in [-0.25, -0.2) is 17.6 Å². The molecule has 0 spiro atoms. The number of amides is 1. The quantitative estimate of drug-likeness (QED) is 0.0689. The minimum atomic E-state index is -0.752. The number of ether oxygens (including phenoxy) is 3. The van der Waals surface area contributed by atoms with Gasteiger partial charge in [0.2, 0.25) is 5.91 Å². The third-order valence-corrected chi connectivity index (χ3v) is 9.93. The Hall–Kier alpha value is -6.56. The summed E-state index contributed by atoms with van der Waals surface area (Å²) in [5.74, 6) is -3.04. The van der Waals surface area contributed by atoms with Gasteiger partial charge in [-0.1, -0.05) is 60.7 Å². The van der Waals surface area contributed by atoms with Gasteiger partial charge >= 0.3 is 0 Å². The van der Waals surface area contributed by atoms with Gasteiger partial charge in [-0.2, -0.15) is 0 Å². The SMILES string of the molecule is COc1ccc2c(c1)c(CCNC(=O)CCCOc1c(F)cccc1F)cn2Cc1ccccc1.Cn1cc(CC(=O)CCCOc2c(F)cccc2F)c2ccccc21. The highest BCUT2D eigenvalue weighted by Gasteiger charge is 2.14. The highest BCUT2D eigenvalue weighted by Crippen LogP contribution is 2.28. The van der Waals surface area contributed by atoms with Gasteiger partial charge in [0.25, 0.3) is 0 Å². The van der Waals surface area contributed by atoms with Crippen molar-refractivity contribution in [2.24, 2.45) is 7.05 Å². The van der Waals surface area contributed by atoms with E-state index in [1.165, 1.54) is 17.7 Å². The first kappa shape index (κ1) is 43.0. The van der Waals surface area contributed by atoms with Crippen LogP contribution in [-0.4, -0.2) is 47.7 Å². The molecule has 7 aromatic rings. The Bertz CT molecular complexity index is 2490. The normalized spacial score (nSPS) is 11.0. The van der Waals surface area contributed by atoms with E-state index < -0.39 is 29.0 Å². The third kappa shape index (κ3) is 11.3. The number of aromatic nitrogens is 2. The number of hydrogen-bond acceptors (Lipinski definition) is 5. The molecule has 0 radical (unpaired) electrons. The van der Waals surface area contributed by atoms with Crippen LogP contribution < -0.4 is 19.5 Å². The number of hydrogen-bond donors (Lipinski definition) is 1. The third-order valence-electron chi connectivity index (χ3n) is 9.93. The number of carbonyl (C=O) groups is 2. The van der Waals surface area contributed by atoms with Crippen LogP contribution in [0.25, 0.3) is 21.8 Å². The average Bonchev–Trinajstić information content (AvgIpc) is 3.75. The van der Waals surface area contributed by atoms with E-state index in [-0.39, 0.29) is 37.1 Å². The van der Waals surface area contributed by atoms with Crippen LogP contribution in [0.2, 0.25) is 0 Å². The summed E-state index contributed by atoms with van der Waals surface area (Å²) in [7, 11) is 3.60. The molecule has 0 unspecified atom stereocenters. The van der Waals surface area contributed by atoms with Crippen molar-refractivity contribution in [2.75, 3.05) is 26.9 Å². The molecule has 12 heteroatoms. The van der Waals surface area contributed by atoms with E-state index in [1.54, 1.807) is 7.11 Å². The molecule has 8 nitrogen and oxygen atoms in total. The first-order valence-electron chi connectivity index (χ1n) is 19.8. The fourth-order valence-electron chi connectivity index (χ4n) is 6.97. The molecule has 1 N–H and O–H groups in total. The second-order valence-corrected chi connectivity index (χ2v) is 14.3. The number of Topliss-reactive ketones (excluding diaryl/α,β-unsaturated/α-hetero) is 1. The van der Waals surface area contributed by atoms with Crippen LogP contribution in [0.4, 0.5) is 17.6 Å². The fraction of sp³-hybridized carbons (Fsp3) is 0.250. The van der Waals surface area contributed by atoms with Crippen molar-refractivity contribution in [3.05, 3.63) is 162 Å². The smallest absolute Gasteiger partial charge is 0.220 e. The largest absolute Gasteiger partial charge is 0.497 e. The molecule has 0 aliphatic carbocycles. The minimum absolute atomic E-state index is 0.0536. The van der Waals surface area contributed by atoms with E-state index in [1.807, 2.05) is 72.4 Å². The van der Waals surface area contributed by atoms with Crippen LogP contribution in [-0.2, 0) is 36.0 Å². The molecule has 0 aliphatic heterocycles. The lowest BCUT2D eigenvalue weighted by Crippen LogP contribution is -2.25. The molecule has 2 aromatic heterocycles. The number of carbonyl (C=O) groups excluding carboxylic acids is 2. The van der Waals surface area contributed by atoms with Gasteiger partial charge in [-0.15, -0.1) is 0 Å². The van der Waals surface area contributed by atoms with Crippen molar-refractivity contribution < 1.29 is 41.4 Å². The first-order chi connectivity index (χ1) is 29.1. The van der Waals surface area contributed by atoms with Crippen molar-refractivity contribution in [1.29, 1.82) is 0 Å². The highest BCUT2D eigenvalue weighted by atomic mass is 19.1. The summed E-state index contributed by atoms with van der Waals surface area (Å²) in [6, 6.07) is 31.3. The van der Waals surface area contributed by atoms with E-state index in [9.17, 15) is 27.2 Å². The van der Waals surface area contributed by atoms with Crippen molar-refractivity contribution in [3.63, 3.8) is 0 Å².